The van der Waals surface area contributed by atoms with Gasteiger partial charge in [0.05, 0.1) is 32.0 Å². The van der Waals surface area contributed by atoms with Crippen molar-refractivity contribution in [3.8, 4) is 0 Å². The lowest BCUT2D eigenvalue weighted by Crippen LogP contribution is -2.68. The van der Waals surface area contributed by atoms with Crippen LogP contribution in [-0.2, 0) is 0 Å². The topological polar surface area (TPSA) is 211 Å². The van der Waals surface area contributed by atoms with E-state index in [0.717, 1.165) is 0 Å². The zero-order valence-electron chi connectivity index (χ0n) is 11.6. The molecule has 11 heteroatoms. The van der Waals surface area contributed by atoms with Crippen molar-refractivity contribution < 1.29 is 50.8 Å². The molecule has 0 unspecified atom stereocenters. The summed E-state index contributed by atoms with van der Waals surface area (Å²) < 4.78 is 0. The van der Waals surface area contributed by atoms with Gasteiger partial charge in [0.1, 0.15) is 17.8 Å². The molecular weight excluding hydrogens is 306 g/mol. The van der Waals surface area contributed by atoms with E-state index in [0.29, 0.717) is 0 Å². The van der Waals surface area contributed by atoms with Gasteiger partial charge in [0.15, 0.2) is 0 Å². The Labute approximate surface area is 125 Å². The Balaban J connectivity index is 0.000000980. The van der Waals surface area contributed by atoms with E-state index in [1.54, 1.807) is 0 Å². The van der Waals surface area contributed by atoms with Gasteiger partial charge in [-0.15, -0.1) is 0 Å². The molecule has 0 aromatic heterocycles. The minimum Gasteiger partial charge on any atom is -0.450 e. The third-order valence-electron chi connectivity index (χ3n) is 3.37. The zero-order chi connectivity index (χ0) is 17.5. The van der Waals surface area contributed by atoms with Gasteiger partial charge in [-0.1, -0.05) is 0 Å². The molecule has 0 aliphatic heterocycles. The summed E-state index contributed by atoms with van der Waals surface area (Å²) in [5.41, 5.74) is -1.94. The van der Waals surface area contributed by atoms with Gasteiger partial charge in [-0.25, -0.2) is 4.79 Å². The normalized spacial score (nSPS) is 34.9. The number of nitrogens with one attached hydrogen (secondary N) is 1. The van der Waals surface area contributed by atoms with E-state index in [2.05, 4.69) is 5.32 Å². The number of aliphatic hydroxyl groups excluding tert-OH is 6. The van der Waals surface area contributed by atoms with E-state index < -0.39 is 62.0 Å². The minimum absolute atomic E-state index is 0.223. The van der Waals surface area contributed by atoms with Gasteiger partial charge in [-0.2, -0.15) is 0 Å². The molecule has 11 nitrogen and oxygen atoms in total. The summed E-state index contributed by atoms with van der Waals surface area (Å²) >= 11 is 0. The second kappa shape index (κ2) is 9.17. The van der Waals surface area contributed by atoms with E-state index in [9.17, 15) is 20.4 Å². The van der Waals surface area contributed by atoms with Crippen molar-refractivity contribution in [2.45, 2.75) is 42.4 Å². The second-order valence-electron chi connectivity index (χ2n) is 5.01. The summed E-state index contributed by atoms with van der Waals surface area (Å²) in [6, 6.07) is -1.60. The Morgan fingerprint density at radius 1 is 1.09 bits per heavy atom. The Morgan fingerprint density at radius 2 is 1.55 bits per heavy atom. The van der Waals surface area contributed by atoms with Crippen molar-refractivity contribution in [3.63, 3.8) is 0 Å². The quantitative estimate of drug-likeness (QED) is 0.233. The number of carbonyl (C=O) groups is 1. The first-order chi connectivity index (χ1) is 10.1. The maximum Gasteiger partial charge on any atom is 0.503 e. The first-order valence-corrected chi connectivity index (χ1v) is 6.40. The SMILES string of the molecule is O=C(O)O.OCC(CO)N[C@H]1C[C@](O)(CO)[C@@H](O)[C@H](O)[C@H]1O. The lowest BCUT2D eigenvalue weighted by atomic mass is 9.76. The monoisotopic (exact) mass is 329 g/mol. The van der Waals surface area contributed by atoms with Crippen LogP contribution in [0.5, 0.6) is 0 Å². The first kappa shape index (κ1) is 20.9. The van der Waals surface area contributed by atoms with Gasteiger partial charge >= 0.3 is 6.16 Å². The van der Waals surface area contributed by atoms with Crippen LogP contribution in [-0.4, -0.2) is 108 Å². The summed E-state index contributed by atoms with van der Waals surface area (Å²) in [5, 5.41) is 82.4. The van der Waals surface area contributed by atoms with Gasteiger partial charge in [0.25, 0.3) is 0 Å². The van der Waals surface area contributed by atoms with E-state index in [4.69, 9.17) is 30.3 Å². The lowest BCUT2D eigenvalue weighted by Gasteiger charge is -2.46. The van der Waals surface area contributed by atoms with Crippen LogP contribution in [0.2, 0.25) is 0 Å². The Kier molecular flexibility index (Phi) is 8.73. The molecule has 0 aromatic carbocycles. The van der Waals surface area contributed by atoms with E-state index in [1.807, 2.05) is 0 Å². The predicted molar refractivity (Wildman–Crippen MR) is 70.2 cm³/mol. The number of hydrogen-bond donors (Lipinski definition) is 10. The largest absolute Gasteiger partial charge is 0.503 e. The second-order valence-corrected chi connectivity index (χ2v) is 5.01. The molecule has 1 rings (SSSR count). The van der Waals surface area contributed by atoms with Crippen LogP contribution in [0.15, 0.2) is 0 Å². The average Bonchev–Trinajstić information content (AvgIpc) is 2.47. The van der Waals surface area contributed by atoms with E-state index in [1.165, 1.54) is 0 Å². The molecule has 1 saturated carbocycles. The van der Waals surface area contributed by atoms with Crippen molar-refractivity contribution in [2.75, 3.05) is 19.8 Å². The third kappa shape index (κ3) is 5.62. The molecule has 0 spiro atoms. The highest BCUT2D eigenvalue weighted by molar-refractivity contribution is 5.53. The molecule has 0 radical (unpaired) electrons. The van der Waals surface area contributed by atoms with Gasteiger partial charge in [-0.05, 0) is 6.42 Å². The van der Waals surface area contributed by atoms with Crippen molar-refractivity contribution in [2.24, 2.45) is 0 Å². The van der Waals surface area contributed by atoms with Gasteiger partial charge in [-0.3, -0.25) is 0 Å². The highest BCUT2D eigenvalue weighted by atomic mass is 16.6. The fraction of sp³-hybridized carbons (Fsp3) is 0.909. The lowest BCUT2D eigenvalue weighted by molar-refractivity contribution is -0.207. The molecule has 1 aliphatic carbocycles. The smallest absolute Gasteiger partial charge is 0.450 e. The molecule has 1 aliphatic rings. The summed E-state index contributed by atoms with van der Waals surface area (Å²) in [6.07, 6.45) is -6.74. The third-order valence-corrected chi connectivity index (χ3v) is 3.37. The summed E-state index contributed by atoms with van der Waals surface area (Å²) in [7, 11) is 0. The van der Waals surface area contributed by atoms with E-state index >= 15 is 0 Å². The standard InChI is InChI=1S/C10H21NO7.CH2O3/c12-2-5(3-13)11-6-1-10(18,4-14)9(17)8(16)7(6)15;2-1(3)4/h5-9,11-18H,1-4H2;(H2,2,3,4)/t6-,7-,8+,9-,10-;/m0./s1. The van der Waals surface area contributed by atoms with Crippen LogP contribution in [0, 0.1) is 0 Å². The van der Waals surface area contributed by atoms with Gasteiger partial charge in [0.2, 0.25) is 0 Å². The average molecular weight is 329 g/mol. The van der Waals surface area contributed by atoms with Crippen molar-refractivity contribution in [1.82, 2.24) is 5.32 Å². The summed E-state index contributed by atoms with van der Waals surface area (Å²) in [6.45, 7) is -1.56. The molecule has 10 N–H and O–H groups in total. The van der Waals surface area contributed by atoms with Crippen LogP contribution in [0.25, 0.3) is 0 Å². The number of aliphatic hydroxyl groups is 7. The summed E-state index contributed by atoms with van der Waals surface area (Å²) in [4.78, 5) is 8.56. The molecule has 0 aromatic rings. The number of rotatable bonds is 5. The molecule has 0 amide bonds. The molecule has 0 heterocycles. The molecule has 22 heavy (non-hydrogen) atoms. The highest BCUT2D eigenvalue weighted by Gasteiger charge is 2.51. The molecule has 0 saturated heterocycles. The molecule has 5 atom stereocenters. The van der Waals surface area contributed by atoms with Crippen LogP contribution in [0.4, 0.5) is 4.79 Å². The van der Waals surface area contributed by atoms with Crippen molar-refractivity contribution in [3.05, 3.63) is 0 Å². The van der Waals surface area contributed by atoms with E-state index in [-0.39, 0.29) is 6.42 Å². The van der Waals surface area contributed by atoms with Crippen LogP contribution in [0.3, 0.4) is 0 Å². The van der Waals surface area contributed by atoms with Gasteiger partial charge < -0.3 is 51.3 Å². The summed E-state index contributed by atoms with van der Waals surface area (Å²) in [5.74, 6) is 0. The molecule has 0 bridgehead atoms. The molecule has 1 fully saturated rings. The van der Waals surface area contributed by atoms with Crippen LogP contribution in [0.1, 0.15) is 6.42 Å². The number of hydrogen-bond acceptors (Lipinski definition) is 9. The van der Waals surface area contributed by atoms with Crippen molar-refractivity contribution in [1.29, 1.82) is 0 Å². The Hall–Kier alpha value is -1.05. The minimum atomic E-state index is -1.94. The Morgan fingerprint density at radius 3 is 1.91 bits per heavy atom. The highest BCUT2D eigenvalue weighted by Crippen LogP contribution is 2.29. The molecule has 132 valence electrons. The zero-order valence-corrected chi connectivity index (χ0v) is 11.6. The maximum atomic E-state index is 9.93. The van der Waals surface area contributed by atoms with Crippen molar-refractivity contribution >= 4 is 6.16 Å². The fourth-order valence-corrected chi connectivity index (χ4v) is 2.15. The van der Waals surface area contributed by atoms with Crippen LogP contribution >= 0.6 is 0 Å². The fourth-order valence-electron chi connectivity index (χ4n) is 2.15. The molecular formula is C11H23NO10. The first-order valence-electron chi connectivity index (χ1n) is 6.40. The van der Waals surface area contributed by atoms with Crippen LogP contribution < -0.4 is 5.32 Å². The predicted octanol–water partition coefficient (Wildman–Crippen LogP) is -4.27. The maximum absolute atomic E-state index is 9.93. The number of carboxylic acid groups (broad SMARTS) is 2. The van der Waals surface area contributed by atoms with Gasteiger partial charge in [0, 0.05) is 6.04 Å². The Bertz CT molecular complexity index is 335.